The topological polar surface area (TPSA) is 37.3 Å². The minimum absolute atomic E-state index is 0.273. The molecule has 2 heteroatoms. The number of ketones is 1. The van der Waals surface area contributed by atoms with Gasteiger partial charge in [-0.1, -0.05) is 20.8 Å². The van der Waals surface area contributed by atoms with Crippen molar-refractivity contribution in [2.75, 3.05) is 0 Å². The molecule has 0 aromatic carbocycles. The quantitative estimate of drug-likeness (QED) is 0.729. The second kappa shape index (κ2) is 5.81. The molecule has 0 saturated heterocycles. The van der Waals surface area contributed by atoms with Crippen LogP contribution in [0.5, 0.6) is 0 Å². The van der Waals surface area contributed by atoms with Gasteiger partial charge in [-0.25, -0.2) is 0 Å². The molecule has 4 aliphatic carbocycles. The summed E-state index contributed by atoms with van der Waals surface area (Å²) in [6.45, 7) is 8.98. The Balaban J connectivity index is 1.59. The predicted molar refractivity (Wildman–Crippen MR) is 101 cm³/mol. The van der Waals surface area contributed by atoms with Crippen LogP contribution in [0.3, 0.4) is 0 Å². The average Bonchev–Trinajstić information content (AvgIpc) is 2.93. The van der Waals surface area contributed by atoms with Gasteiger partial charge < -0.3 is 5.11 Å². The Hall–Kier alpha value is -0.370. The normalized spacial score (nSPS) is 55.2. The van der Waals surface area contributed by atoms with Gasteiger partial charge >= 0.3 is 0 Å². The van der Waals surface area contributed by atoms with E-state index in [0.29, 0.717) is 23.0 Å². The summed E-state index contributed by atoms with van der Waals surface area (Å²) in [5.74, 6) is 3.90. The number of hydrogen-bond acceptors (Lipinski definition) is 2. The maximum absolute atomic E-state index is 12.2. The number of carbonyl (C=O) groups excluding carboxylic acids is 1. The lowest BCUT2D eigenvalue weighted by atomic mass is 9.43. The number of aliphatic hydroxyl groups is 1. The molecule has 4 rings (SSSR count). The van der Waals surface area contributed by atoms with Crippen LogP contribution in [0.2, 0.25) is 0 Å². The summed E-state index contributed by atoms with van der Waals surface area (Å²) in [6.07, 6.45) is 11.8. The first-order valence-corrected chi connectivity index (χ1v) is 11.0. The van der Waals surface area contributed by atoms with Crippen molar-refractivity contribution in [1.82, 2.24) is 0 Å². The number of carbonyl (C=O) groups is 1. The highest BCUT2D eigenvalue weighted by Crippen LogP contribution is 2.68. The van der Waals surface area contributed by atoms with Crippen LogP contribution in [0.15, 0.2) is 0 Å². The first-order valence-electron chi connectivity index (χ1n) is 11.0. The molecule has 25 heavy (non-hydrogen) atoms. The molecule has 4 aliphatic rings. The lowest BCUT2D eigenvalue weighted by Crippen LogP contribution is -2.56. The van der Waals surface area contributed by atoms with Gasteiger partial charge in [0.2, 0.25) is 0 Å². The van der Waals surface area contributed by atoms with Crippen LogP contribution in [0.25, 0.3) is 0 Å². The molecular formula is C23H38O2. The van der Waals surface area contributed by atoms with Crippen molar-refractivity contribution in [2.45, 2.75) is 97.5 Å². The third kappa shape index (κ3) is 2.49. The first-order chi connectivity index (χ1) is 11.7. The van der Waals surface area contributed by atoms with Crippen molar-refractivity contribution in [1.29, 1.82) is 0 Å². The second-order valence-corrected chi connectivity index (χ2v) is 10.7. The standard InChI is InChI=1S/C23H38O2/c1-5-23(25)13-12-21(3)16(14-23)6-7-17-19-9-8-18(15(2)24)22(19,4)11-10-20(17)21/h16-20,25H,5-14H2,1-4H3/t16-,17-,18+,19-,20-,21-,22+,23-/m0/s1. The molecule has 0 aromatic rings. The van der Waals surface area contributed by atoms with Gasteiger partial charge in [-0.05, 0) is 106 Å². The zero-order valence-corrected chi connectivity index (χ0v) is 16.8. The maximum Gasteiger partial charge on any atom is 0.133 e. The zero-order valence-electron chi connectivity index (χ0n) is 16.8. The highest BCUT2D eigenvalue weighted by Gasteiger charge is 2.61. The predicted octanol–water partition coefficient (Wildman–Crippen LogP) is 5.38. The van der Waals surface area contributed by atoms with E-state index < -0.39 is 5.60 Å². The van der Waals surface area contributed by atoms with E-state index in [2.05, 4.69) is 20.8 Å². The van der Waals surface area contributed by atoms with Gasteiger partial charge in [-0.2, -0.15) is 0 Å². The molecule has 4 saturated carbocycles. The third-order valence-electron chi connectivity index (χ3n) is 9.97. The van der Waals surface area contributed by atoms with Crippen molar-refractivity contribution < 1.29 is 9.90 Å². The van der Waals surface area contributed by atoms with E-state index in [9.17, 15) is 9.90 Å². The van der Waals surface area contributed by atoms with Crippen LogP contribution in [-0.4, -0.2) is 16.5 Å². The Bertz CT molecular complexity index is 556. The molecule has 1 N–H and O–H groups in total. The average molecular weight is 347 g/mol. The Morgan fingerprint density at radius 2 is 1.68 bits per heavy atom. The monoisotopic (exact) mass is 346 g/mol. The van der Waals surface area contributed by atoms with Gasteiger partial charge in [0, 0.05) is 5.92 Å². The Kier molecular flexibility index (Phi) is 4.19. The molecule has 0 unspecified atom stereocenters. The summed E-state index contributed by atoms with van der Waals surface area (Å²) in [7, 11) is 0. The fourth-order valence-corrected chi connectivity index (χ4v) is 8.31. The summed E-state index contributed by atoms with van der Waals surface area (Å²) >= 11 is 0. The van der Waals surface area contributed by atoms with E-state index >= 15 is 0 Å². The van der Waals surface area contributed by atoms with Crippen LogP contribution < -0.4 is 0 Å². The highest BCUT2D eigenvalue weighted by atomic mass is 16.3. The lowest BCUT2D eigenvalue weighted by Gasteiger charge is -2.62. The smallest absolute Gasteiger partial charge is 0.133 e. The Morgan fingerprint density at radius 1 is 0.960 bits per heavy atom. The van der Waals surface area contributed by atoms with Gasteiger partial charge in [-0.15, -0.1) is 0 Å². The molecule has 0 aliphatic heterocycles. The molecule has 2 nitrogen and oxygen atoms in total. The first kappa shape index (κ1) is 18.0. The summed E-state index contributed by atoms with van der Waals surface area (Å²) in [5.41, 5.74) is 0.308. The van der Waals surface area contributed by atoms with Crippen LogP contribution in [0.4, 0.5) is 0 Å². The van der Waals surface area contributed by atoms with Gasteiger partial charge in [0.25, 0.3) is 0 Å². The van der Waals surface area contributed by atoms with E-state index in [1.54, 1.807) is 0 Å². The van der Waals surface area contributed by atoms with Gasteiger partial charge in [0.05, 0.1) is 5.60 Å². The fraction of sp³-hybridized carbons (Fsp3) is 0.957. The van der Waals surface area contributed by atoms with E-state index in [-0.39, 0.29) is 5.41 Å². The molecule has 0 radical (unpaired) electrons. The SMILES string of the molecule is CC[C@]1(O)CC[C@@]2(C)[C@@H](CC[C@@H]3[C@@H]2CC[C@]2(C)[C@@H](C(C)=O)CC[C@@H]32)C1. The molecule has 0 spiro atoms. The maximum atomic E-state index is 12.2. The molecule has 0 bridgehead atoms. The minimum atomic E-state index is -0.396. The highest BCUT2D eigenvalue weighted by molar-refractivity contribution is 5.79. The van der Waals surface area contributed by atoms with Crippen LogP contribution in [-0.2, 0) is 4.79 Å². The molecule has 8 atom stereocenters. The van der Waals surface area contributed by atoms with E-state index in [4.69, 9.17) is 0 Å². The van der Waals surface area contributed by atoms with Crippen LogP contribution in [0.1, 0.15) is 91.9 Å². The summed E-state index contributed by atoms with van der Waals surface area (Å²) in [6, 6.07) is 0. The molecule has 4 fully saturated rings. The Labute approximate surface area is 154 Å². The lowest BCUT2D eigenvalue weighted by molar-refractivity contribution is -0.154. The largest absolute Gasteiger partial charge is 0.390 e. The van der Waals surface area contributed by atoms with E-state index in [1.165, 1.54) is 38.5 Å². The van der Waals surface area contributed by atoms with Crippen molar-refractivity contribution >= 4 is 5.78 Å². The second-order valence-electron chi connectivity index (χ2n) is 10.7. The van der Waals surface area contributed by atoms with Crippen molar-refractivity contribution in [3.8, 4) is 0 Å². The summed E-state index contributed by atoms with van der Waals surface area (Å²) in [5, 5.41) is 10.9. The molecule has 0 aromatic heterocycles. The third-order valence-corrected chi connectivity index (χ3v) is 9.97. The van der Waals surface area contributed by atoms with Crippen LogP contribution in [0, 0.1) is 40.4 Å². The summed E-state index contributed by atoms with van der Waals surface area (Å²) in [4.78, 5) is 12.2. The number of fused-ring (bicyclic) bond motifs is 5. The van der Waals surface area contributed by atoms with Crippen molar-refractivity contribution in [3.63, 3.8) is 0 Å². The van der Waals surface area contributed by atoms with Crippen LogP contribution >= 0.6 is 0 Å². The van der Waals surface area contributed by atoms with Gasteiger partial charge in [0.15, 0.2) is 0 Å². The van der Waals surface area contributed by atoms with Crippen molar-refractivity contribution in [2.24, 2.45) is 40.4 Å². The van der Waals surface area contributed by atoms with Gasteiger partial charge in [-0.3, -0.25) is 4.79 Å². The molecule has 0 amide bonds. The zero-order chi connectivity index (χ0) is 18.0. The molecular weight excluding hydrogens is 308 g/mol. The molecule has 0 heterocycles. The molecule has 142 valence electrons. The number of rotatable bonds is 2. The Morgan fingerprint density at radius 3 is 2.36 bits per heavy atom. The minimum Gasteiger partial charge on any atom is -0.390 e. The van der Waals surface area contributed by atoms with E-state index in [0.717, 1.165) is 43.4 Å². The van der Waals surface area contributed by atoms with E-state index in [1.807, 2.05) is 6.92 Å². The summed E-state index contributed by atoms with van der Waals surface area (Å²) < 4.78 is 0. The van der Waals surface area contributed by atoms with Crippen molar-refractivity contribution in [3.05, 3.63) is 0 Å². The van der Waals surface area contributed by atoms with Gasteiger partial charge in [0.1, 0.15) is 5.78 Å². The fourth-order valence-electron chi connectivity index (χ4n) is 8.31. The number of Topliss-reactive ketones (excluding diaryl/α,β-unsaturated/α-hetero) is 1. The number of hydrogen-bond donors (Lipinski definition) is 1.